The summed E-state index contributed by atoms with van der Waals surface area (Å²) in [6.45, 7) is -0.222. The number of ether oxygens (including phenoxy) is 1. The standard InChI is InChI=1S/C14H10ClIN2O4/c15-12-7-9(16)1-6-13(12)17-14(19)8-22-11-4-2-10(3-5-11)18(20)21/h1-7H,8H2,(H,17,19). The van der Waals surface area contributed by atoms with Crippen LogP contribution in [-0.2, 0) is 4.79 Å². The first-order chi connectivity index (χ1) is 10.5. The van der Waals surface area contributed by atoms with Crippen molar-refractivity contribution in [2.24, 2.45) is 0 Å². The quantitative estimate of drug-likeness (QED) is 0.442. The molecular formula is C14H10ClIN2O4. The smallest absolute Gasteiger partial charge is 0.269 e. The van der Waals surface area contributed by atoms with Crippen LogP contribution < -0.4 is 10.1 Å². The summed E-state index contributed by atoms with van der Waals surface area (Å²) >= 11 is 8.13. The van der Waals surface area contributed by atoms with Gasteiger partial charge in [-0.15, -0.1) is 0 Å². The van der Waals surface area contributed by atoms with E-state index in [0.29, 0.717) is 16.5 Å². The van der Waals surface area contributed by atoms with Crippen molar-refractivity contribution in [1.82, 2.24) is 0 Å². The Bertz CT molecular complexity index is 706. The number of carbonyl (C=O) groups excluding carboxylic acids is 1. The summed E-state index contributed by atoms with van der Waals surface area (Å²) in [7, 11) is 0. The highest BCUT2D eigenvalue weighted by Crippen LogP contribution is 2.24. The number of anilines is 1. The van der Waals surface area contributed by atoms with E-state index < -0.39 is 4.92 Å². The van der Waals surface area contributed by atoms with Gasteiger partial charge in [-0.25, -0.2) is 0 Å². The summed E-state index contributed by atoms with van der Waals surface area (Å²) in [6, 6.07) is 10.7. The number of halogens is 2. The Morgan fingerprint density at radius 1 is 1.27 bits per heavy atom. The van der Waals surface area contributed by atoms with Gasteiger partial charge in [0, 0.05) is 15.7 Å². The molecule has 1 N–H and O–H groups in total. The lowest BCUT2D eigenvalue weighted by atomic mass is 10.3. The second-order valence-electron chi connectivity index (χ2n) is 4.21. The number of nitro groups is 1. The Morgan fingerprint density at radius 2 is 1.95 bits per heavy atom. The average Bonchev–Trinajstić information content (AvgIpc) is 2.48. The lowest BCUT2D eigenvalue weighted by molar-refractivity contribution is -0.384. The first kappa shape index (κ1) is 16.5. The van der Waals surface area contributed by atoms with Crippen LogP contribution in [0.1, 0.15) is 0 Å². The van der Waals surface area contributed by atoms with Crippen LogP contribution in [0, 0.1) is 13.7 Å². The number of benzene rings is 2. The summed E-state index contributed by atoms with van der Waals surface area (Å²) in [6.07, 6.45) is 0. The van der Waals surface area contributed by atoms with Crippen molar-refractivity contribution in [2.45, 2.75) is 0 Å². The molecule has 2 aromatic carbocycles. The van der Waals surface area contributed by atoms with E-state index in [0.717, 1.165) is 3.57 Å². The van der Waals surface area contributed by atoms with Gasteiger partial charge in [-0.3, -0.25) is 14.9 Å². The van der Waals surface area contributed by atoms with Crippen molar-refractivity contribution < 1.29 is 14.5 Å². The van der Waals surface area contributed by atoms with Gasteiger partial charge in [0.25, 0.3) is 11.6 Å². The van der Waals surface area contributed by atoms with Crippen LogP contribution >= 0.6 is 34.2 Å². The molecule has 0 unspecified atom stereocenters. The first-order valence-corrected chi connectivity index (χ1v) is 7.53. The lowest BCUT2D eigenvalue weighted by Crippen LogP contribution is -2.20. The molecule has 0 saturated heterocycles. The Kier molecular flexibility index (Phi) is 5.56. The Morgan fingerprint density at radius 3 is 2.55 bits per heavy atom. The van der Waals surface area contributed by atoms with Gasteiger partial charge in [0.05, 0.1) is 15.6 Å². The van der Waals surface area contributed by atoms with Crippen LogP contribution in [0.15, 0.2) is 42.5 Å². The summed E-state index contributed by atoms with van der Waals surface area (Å²) in [5.41, 5.74) is 0.460. The molecule has 2 aromatic rings. The molecule has 22 heavy (non-hydrogen) atoms. The highest BCUT2D eigenvalue weighted by Gasteiger charge is 2.08. The van der Waals surface area contributed by atoms with Crippen LogP contribution in [0.25, 0.3) is 0 Å². The van der Waals surface area contributed by atoms with Crippen molar-refractivity contribution in [3.8, 4) is 5.75 Å². The van der Waals surface area contributed by atoms with Crippen LogP contribution in [0.3, 0.4) is 0 Å². The monoisotopic (exact) mass is 432 g/mol. The van der Waals surface area contributed by atoms with Crippen LogP contribution in [0.2, 0.25) is 5.02 Å². The molecule has 6 nitrogen and oxygen atoms in total. The molecule has 8 heteroatoms. The fraction of sp³-hybridized carbons (Fsp3) is 0.0714. The molecule has 0 aliphatic carbocycles. The van der Waals surface area contributed by atoms with Gasteiger partial charge in [0.15, 0.2) is 6.61 Å². The number of non-ortho nitro benzene ring substituents is 1. The van der Waals surface area contributed by atoms with E-state index in [2.05, 4.69) is 27.9 Å². The van der Waals surface area contributed by atoms with E-state index in [1.54, 1.807) is 12.1 Å². The first-order valence-electron chi connectivity index (χ1n) is 6.08. The number of rotatable bonds is 5. The van der Waals surface area contributed by atoms with E-state index in [-0.39, 0.29) is 18.2 Å². The van der Waals surface area contributed by atoms with Gasteiger partial charge in [-0.05, 0) is 52.9 Å². The zero-order valence-electron chi connectivity index (χ0n) is 11.1. The third-order valence-electron chi connectivity index (χ3n) is 2.62. The van der Waals surface area contributed by atoms with Gasteiger partial charge < -0.3 is 10.1 Å². The second-order valence-corrected chi connectivity index (χ2v) is 5.86. The minimum absolute atomic E-state index is 0.0394. The predicted octanol–water partition coefficient (Wildman–Crippen LogP) is 3.87. The van der Waals surface area contributed by atoms with E-state index >= 15 is 0 Å². The Hall–Kier alpha value is -1.87. The molecule has 0 radical (unpaired) electrons. The maximum Gasteiger partial charge on any atom is 0.269 e. The molecule has 0 atom stereocenters. The van der Waals surface area contributed by atoms with Gasteiger partial charge in [0.2, 0.25) is 0 Å². The number of nitro benzene ring substituents is 1. The number of hydrogen-bond donors (Lipinski definition) is 1. The minimum Gasteiger partial charge on any atom is -0.484 e. The SMILES string of the molecule is O=C(COc1ccc([N+](=O)[O-])cc1)Nc1ccc(I)cc1Cl. The summed E-state index contributed by atoms with van der Waals surface area (Å²) < 4.78 is 6.22. The molecule has 0 spiro atoms. The second kappa shape index (κ2) is 7.41. The van der Waals surface area contributed by atoms with Gasteiger partial charge in [-0.1, -0.05) is 11.6 Å². The zero-order chi connectivity index (χ0) is 16.1. The molecule has 2 rings (SSSR count). The number of nitrogens with zero attached hydrogens (tertiary/aromatic N) is 1. The van der Waals surface area contributed by atoms with Gasteiger partial charge in [-0.2, -0.15) is 0 Å². The molecule has 0 fully saturated rings. The number of amides is 1. The molecule has 0 aliphatic heterocycles. The third-order valence-corrected chi connectivity index (χ3v) is 3.61. The fourth-order valence-corrected chi connectivity index (χ4v) is 2.49. The predicted molar refractivity (Wildman–Crippen MR) is 91.4 cm³/mol. The van der Waals surface area contributed by atoms with Crippen molar-refractivity contribution >= 4 is 51.5 Å². The molecular weight excluding hydrogens is 423 g/mol. The van der Waals surface area contributed by atoms with E-state index in [4.69, 9.17) is 16.3 Å². The van der Waals surface area contributed by atoms with Crippen LogP contribution in [-0.4, -0.2) is 17.4 Å². The van der Waals surface area contributed by atoms with Crippen LogP contribution in [0.4, 0.5) is 11.4 Å². The van der Waals surface area contributed by atoms with Gasteiger partial charge >= 0.3 is 0 Å². The normalized spacial score (nSPS) is 10.1. The minimum atomic E-state index is -0.505. The molecule has 0 aliphatic rings. The van der Waals surface area contributed by atoms with E-state index in [1.165, 1.54) is 24.3 Å². The highest BCUT2D eigenvalue weighted by molar-refractivity contribution is 14.1. The van der Waals surface area contributed by atoms with Crippen molar-refractivity contribution in [3.05, 3.63) is 61.2 Å². The molecule has 0 aromatic heterocycles. The summed E-state index contributed by atoms with van der Waals surface area (Å²) in [5, 5.41) is 13.6. The maximum atomic E-state index is 11.8. The lowest BCUT2D eigenvalue weighted by Gasteiger charge is -2.09. The largest absolute Gasteiger partial charge is 0.484 e. The van der Waals surface area contributed by atoms with Crippen LogP contribution in [0.5, 0.6) is 5.75 Å². The Balaban J connectivity index is 1.91. The van der Waals surface area contributed by atoms with Crippen molar-refractivity contribution in [1.29, 1.82) is 0 Å². The molecule has 0 bridgehead atoms. The van der Waals surface area contributed by atoms with Crippen molar-refractivity contribution in [2.75, 3.05) is 11.9 Å². The molecule has 114 valence electrons. The zero-order valence-corrected chi connectivity index (χ0v) is 14.0. The average molecular weight is 433 g/mol. The number of nitrogens with one attached hydrogen (secondary N) is 1. The summed E-state index contributed by atoms with van der Waals surface area (Å²) in [4.78, 5) is 21.8. The highest BCUT2D eigenvalue weighted by atomic mass is 127. The number of carbonyl (C=O) groups is 1. The van der Waals surface area contributed by atoms with Crippen molar-refractivity contribution in [3.63, 3.8) is 0 Å². The molecule has 0 heterocycles. The third kappa shape index (κ3) is 4.57. The topological polar surface area (TPSA) is 81.5 Å². The fourth-order valence-electron chi connectivity index (χ4n) is 1.59. The molecule has 0 saturated carbocycles. The van der Waals surface area contributed by atoms with Gasteiger partial charge in [0.1, 0.15) is 5.75 Å². The Labute approximate surface area is 144 Å². The maximum absolute atomic E-state index is 11.8. The van der Waals surface area contributed by atoms with E-state index in [1.807, 2.05) is 6.07 Å². The summed E-state index contributed by atoms with van der Waals surface area (Å²) in [5.74, 6) is -0.00378. The molecule has 1 amide bonds. The number of hydrogen-bond acceptors (Lipinski definition) is 4. The van der Waals surface area contributed by atoms with E-state index in [9.17, 15) is 14.9 Å².